The number of nitrogens with one attached hydrogen (secondary N) is 1. The van der Waals surface area contributed by atoms with Gasteiger partial charge in [0, 0.05) is 11.9 Å². The number of nitrogens with zero attached hydrogens (tertiary/aromatic N) is 2. The van der Waals surface area contributed by atoms with Gasteiger partial charge in [-0.2, -0.15) is 0 Å². The fraction of sp³-hybridized carbons (Fsp3) is 0.130. The minimum atomic E-state index is -0.0266. The lowest BCUT2D eigenvalue weighted by Crippen LogP contribution is -2.44. The molecule has 5 aromatic rings. The normalized spacial score (nSPS) is 19.1. The molecule has 5 aromatic carbocycles. The van der Waals surface area contributed by atoms with Gasteiger partial charge >= 0.3 is 0 Å². The molecule has 0 amide bonds. The van der Waals surface area contributed by atoms with Crippen LogP contribution in [0.2, 0.25) is 0 Å². The van der Waals surface area contributed by atoms with Crippen molar-refractivity contribution in [2.45, 2.75) is 37.8 Å². The van der Waals surface area contributed by atoms with Crippen LogP contribution in [0.4, 0.5) is 0 Å². The summed E-state index contributed by atoms with van der Waals surface area (Å²) in [5.41, 5.74) is 7.66. The Hall–Kier alpha value is -5.80. The molecule has 0 spiro atoms. The molecule has 2 unspecified atom stereocenters. The van der Waals surface area contributed by atoms with Crippen molar-refractivity contribution in [3.63, 3.8) is 0 Å². The molecule has 49 heavy (non-hydrogen) atoms. The smallest absolute Gasteiger partial charge is 0.125 e. The van der Waals surface area contributed by atoms with Crippen molar-refractivity contribution in [3.8, 4) is 22.3 Å². The third-order valence-electron chi connectivity index (χ3n) is 10.0. The molecule has 0 bridgehead atoms. The van der Waals surface area contributed by atoms with Crippen LogP contribution >= 0.6 is 0 Å². The number of rotatable bonds is 5. The number of fused-ring (bicyclic) bond motifs is 4. The van der Waals surface area contributed by atoms with E-state index in [2.05, 4.69) is 128 Å². The largest absolute Gasteiger partial charge is 0.318 e. The summed E-state index contributed by atoms with van der Waals surface area (Å²) in [6.07, 6.45) is 22.7. The highest BCUT2D eigenvalue weighted by Gasteiger charge is 2.29. The van der Waals surface area contributed by atoms with E-state index in [4.69, 9.17) is 10.4 Å². The molecular formula is C46H39N3. The summed E-state index contributed by atoms with van der Waals surface area (Å²) in [6.45, 7) is 8.73. The standard InChI is InChI=1S/C46H39N3/c1-31(24-27-44(47)49-32(2)13-12-28-48-42-22-9-10-23-43(42)49)34-16-11-17-36(29-34)45-38-18-5-7-20-40(38)46(41-21-8-6-19-39(41)45)37-26-25-33-14-3-4-15-35(33)30-37/h3-5,7,10-21,23-30,42-43,47H,1-2,6,8-9,22H2/b13-12-,27-24-,47-44?,48-28?. The summed E-state index contributed by atoms with van der Waals surface area (Å²) in [4.78, 5) is 6.73. The molecule has 1 heterocycles. The van der Waals surface area contributed by atoms with E-state index in [0.29, 0.717) is 5.84 Å². The second kappa shape index (κ2) is 13.0. The number of hydrogen-bond donors (Lipinski definition) is 1. The fourth-order valence-electron chi connectivity index (χ4n) is 7.68. The number of hydrogen-bond acceptors (Lipinski definition) is 2. The van der Waals surface area contributed by atoms with E-state index in [-0.39, 0.29) is 12.1 Å². The van der Waals surface area contributed by atoms with Gasteiger partial charge in [-0.25, -0.2) is 0 Å². The van der Waals surface area contributed by atoms with E-state index in [1.165, 1.54) is 54.2 Å². The van der Waals surface area contributed by atoms with Crippen LogP contribution in [0, 0.1) is 5.41 Å². The summed E-state index contributed by atoms with van der Waals surface area (Å²) >= 11 is 0. The van der Waals surface area contributed by atoms with Gasteiger partial charge in [0.2, 0.25) is 0 Å². The molecule has 2 aliphatic carbocycles. The molecule has 0 radical (unpaired) electrons. The lowest BCUT2D eigenvalue weighted by Gasteiger charge is -2.37. The average molecular weight is 634 g/mol. The first-order chi connectivity index (χ1) is 24.1. The molecule has 0 saturated heterocycles. The van der Waals surface area contributed by atoms with Gasteiger partial charge in [0.05, 0.1) is 12.1 Å². The Morgan fingerprint density at radius 2 is 1.49 bits per heavy atom. The van der Waals surface area contributed by atoms with Crippen molar-refractivity contribution < 1.29 is 0 Å². The van der Waals surface area contributed by atoms with Crippen LogP contribution in [0.3, 0.4) is 0 Å². The molecule has 1 N–H and O–H groups in total. The van der Waals surface area contributed by atoms with E-state index in [1.807, 2.05) is 35.4 Å². The predicted octanol–water partition coefficient (Wildman–Crippen LogP) is 9.77. The average Bonchev–Trinajstić information content (AvgIpc) is 3.14. The first kappa shape index (κ1) is 30.5. The van der Waals surface area contributed by atoms with Crippen LogP contribution in [0.1, 0.15) is 31.2 Å². The van der Waals surface area contributed by atoms with Crippen molar-refractivity contribution in [3.05, 3.63) is 162 Å². The summed E-state index contributed by atoms with van der Waals surface area (Å²) in [5, 5.41) is 16.7. The van der Waals surface area contributed by atoms with Crippen LogP contribution in [-0.2, 0) is 0 Å². The van der Waals surface area contributed by atoms with Crippen LogP contribution in [0.15, 0.2) is 151 Å². The Balaban J connectivity index is 1.18. The van der Waals surface area contributed by atoms with Gasteiger partial charge in [-0.05, 0) is 121 Å². The molecular weight excluding hydrogens is 595 g/mol. The highest BCUT2D eigenvalue weighted by Crippen LogP contribution is 2.34. The maximum absolute atomic E-state index is 9.08. The molecule has 3 heteroatoms. The van der Waals surface area contributed by atoms with Crippen LogP contribution < -0.4 is 10.4 Å². The summed E-state index contributed by atoms with van der Waals surface area (Å²) in [7, 11) is 0. The molecule has 238 valence electrons. The first-order valence-corrected chi connectivity index (χ1v) is 17.2. The topological polar surface area (TPSA) is 39.5 Å². The minimum Gasteiger partial charge on any atom is -0.318 e. The van der Waals surface area contributed by atoms with E-state index >= 15 is 0 Å². The maximum atomic E-state index is 9.08. The third kappa shape index (κ3) is 5.72. The third-order valence-corrected chi connectivity index (χ3v) is 10.0. The van der Waals surface area contributed by atoms with Crippen LogP contribution in [0.25, 0.3) is 61.5 Å². The molecule has 0 saturated carbocycles. The number of aliphatic imine (C=N–C) groups is 1. The van der Waals surface area contributed by atoms with Crippen LogP contribution in [0.5, 0.6) is 0 Å². The Morgan fingerprint density at radius 1 is 0.776 bits per heavy atom. The van der Waals surface area contributed by atoms with E-state index in [0.717, 1.165) is 42.5 Å². The monoisotopic (exact) mass is 633 g/mol. The summed E-state index contributed by atoms with van der Waals surface area (Å²) < 4.78 is 0. The lowest BCUT2D eigenvalue weighted by molar-refractivity contribution is 0.360. The van der Waals surface area contributed by atoms with Gasteiger partial charge in [-0.15, -0.1) is 0 Å². The van der Waals surface area contributed by atoms with Gasteiger partial charge in [-0.1, -0.05) is 122 Å². The second-order valence-corrected chi connectivity index (χ2v) is 13.1. The van der Waals surface area contributed by atoms with Crippen molar-refractivity contribution in [2.75, 3.05) is 0 Å². The molecule has 3 nitrogen and oxygen atoms in total. The Morgan fingerprint density at radius 3 is 2.27 bits per heavy atom. The molecule has 2 atom stereocenters. The zero-order chi connectivity index (χ0) is 33.3. The fourth-order valence-corrected chi connectivity index (χ4v) is 7.68. The highest BCUT2D eigenvalue weighted by molar-refractivity contribution is 6.07. The quantitative estimate of drug-likeness (QED) is 0.0890. The van der Waals surface area contributed by atoms with Crippen molar-refractivity contribution in [2.24, 2.45) is 4.99 Å². The minimum absolute atomic E-state index is 0.0266. The number of benzene rings is 5. The molecule has 1 aliphatic heterocycles. The second-order valence-electron chi connectivity index (χ2n) is 13.1. The predicted molar refractivity (Wildman–Crippen MR) is 210 cm³/mol. The molecule has 3 aliphatic rings. The molecule has 0 fully saturated rings. The van der Waals surface area contributed by atoms with E-state index < -0.39 is 0 Å². The Labute approximate surface area is 288 Å². The summed E-state index contributed by atoms with van der Waals surface area (Å²) in [6, 6.07) is 33.1. The zero-order valence-corrected chi connectivity index (χ0v) is 27.6. The van der Waals surface area contributed by atoms with Gasteiger partial charge in [0.25, 0.3) is 0 Å². The van der Waals surface area contributed by atoms with Crippen molar-refractivity contribution >= 4 is 51.3 Å². The van der Waals surface area contributed by atoms with E-state index in [9.17, 15) is 0 Å². The van der Waals surface area contributed by atoms with Crippen molar-refractivity contribution in [1.82, 2.24) is 4.90 Å². The van der Waals surface area contributed by atoms with Gasteiger partial charge in [0.15, 0.2) is 0 Å². The molecule has 8 rings (SSSR count). The zero-order valence-electron chi connectivity index (χ0n) is 27.6. The van der Waals surface area contributed by atoms with E-state index in [1.54, 1.807) is 0 Å². The molecule has 0 aromatic heterocycles. The van der Waals surface area contributed by atoms with Gasteiger partial charge in [0.1, 0.15) is 5.84 Å². The Bertz CT molecular complexity index is 2420. The Kier molecular flexibility index (Phi) is 8.11. The summed E-state index contributed by atoms with van der Waals surface area (Å²) in [5.74, 6) is 0.375. The number of amidine groups is 1. The maximum Gasteiger partial charge on any atom is 0.125 e. The number of allylic oxidation sites excluding steroid dienone is 5. The van der Waals surface area contributed by atoms with Crippen molar-refractivity contribution in [1.29, 1.82) is 5.41 Å². The first-order valence-electron chi connectivity index (χ1n) is 17.2. The highest BCUT2D eigenvalue weighted by atomic mass is 15.2. The van der Waals surface area contributed by atoms with Gasteiger partial charge < -0.3 is 4.90 Å². The lowest BCUT2D eigenvalue weighted by atomic mass is 9.85. The van der Waals surface area contributed by atoms with Crippen LogP contribution in [-0.4, -0.2) is 29.0 Å². The van der Waals surface area contributed by atoms with Gasteiger partial charge in [-0.3, -0.25) is 10.4 Å². The SMILES string of the molecule is C=C(/C=C\C(=N)N1C(=C)/C=C\C=NC2CCC=CC21)c1cccc(-c2c3c(c(-c4ccc5ccccc5c4)c4ccccc24)=CCCC=3)c1.